The predicted octanol–water partition coefficient (Wildman–Crippen LogP) is 2.92. The van der Waals surface area contributed by atoms with Gasteiger partial charge in [0.1, 0.15) is 0 Å². The van der Waals surface area contributed by atoms with Gasteiger partial charge in [0.25, 0.3) is 0 Å². The minimum Gasteiger partial charge on any atom is -0.390 e. The highest BCUT2D eigenvalue weighted by Crippen LogP contribution is 2.51. The van der Waals surface area contributed by atoms with Crippen LogP contribution in [0.15, 0.2) is 41.1 Å². The SMILES string of the molecule is CN(Cc1ccsc1)[C@@H]1c2ccccc2C2(CCNCC2)[C@H]1O. The fourth-order valence-electron chi connectivity index (χ4n) is 4.53. The number of nitrogens with one attached hydrogen (secondary N) is 1. The van der Waals surface area contributed by atoms with Crippen molar-refractivity contribution in [2.45, 2.75) is 36.9 Å². The quantitative estimate of drug-likeness (QED) is 0.909. The summed E-state index contributed by atoms with van der Waals surface area (Å²) in [6.07, 6.45) is 1.72. The first-order valence-electron chi connectivity index (χ1n) is 8.42. The summed E-state index contributed by atoms with van der Waals surface area (Å²) in [6, 6.07) is 10.9. The Balaban J connectivity index is 1.70. The molecule has 1 aromatic carbocycles. The molecule has 3 nitrogen and oxygen atoms in total. The van der Waals surface area contributed by atoms with Crippen molar-refractivity contribution < 1.29 is 5.11 Å². The number of nitrogens with zero attached hydrogens (tertiary/aromatic N) is 1. The summed E-state index contributed by atoms with van der Waals surface area (Å²) in [7, 11) is 2.14. The van der Waals surface area contributed by atoms with E-state index in [1.165, 1.54) is 16.7 Å². The number of benzene rings is 1. The third-order valence-corrected chi connectivity index (χ3v) is 6.40. The van der Waals surface area contributed by atoms with Gasteiger partial charge in [-0.3, -0.25) is 4.90 Å². The molecule has 1 aromatic heterocycles. The van der Waals surface area contributed by atoms with Gasteiger partial charge in [0.2, 0.25) is 0 Å². The number of aliphatic hydroxyl groups is 1. The van der Waals surface area contributed by atoms with Crippen LogP contribution in [-0.2, 0) is 12.0 Å². The van der Waals surface area contributed by atoms with Gasteiger partial charge < -0.3 is 10.4 Å². The Morgan fingerprint density at radius 1 is 1.26 bits per heavy atom. The molecule has 1 spiro atoms. The maximum Gasteiger partial charge on any atom is 0.0834 e. The van der Waals surface area contributed by atoms with Gasteiger partial charge in [-0.1, -0.05) is 24.3 Å². The zero-order valence-corrected chi connectivity index (χ0v) is 14.4. The van der Waals surface area contributed by atoms with E-state index in [-0.39, 0.29) is 17.6 Å². The molecule has 4 rings (SSSR count). The molecule has 2 aliphatic rings. The highest BCUT2D eigenvalue weighted by atomic mass is 32.1. The molecule has 1 fully saturated rings. The lowest BCUT2D eigenvalue weighted by Gasteiger charge is -2.40. The second-order valence-corrected chi connectivity index (χ2v) is 7.71. The molecule has 23 heavy (non-hydrogen) atoms. The average molecular weight is 328 g/mol. The summed E-state index contributed by atoms with van der Waals surface area (Å²) >= 11 is 1.73. The number of likely N-dealkylation sites (N-methyl/N-ethyl adjacent to an activating group) is 1. The molecule has 0 bridgehead atoms. The molecule has 0 saturated carbocycles. The molecule has 0 radical (unpaired) electrons. The van der Waals surface area contributed by atoms with Crippen LogP contribution in [0.4, 0.5) is 0 Å². The first-order valence-corrected chi connectivity index (χ1v) is 9.36. The van der Waals surface area contributed by atoms with Crippen LogP contribution in [0.5, 0.6) is 0 Å². The van der Waals surface area contributed by atoms with Gasteiger partial charge in [0, 0.05) is 12.0 Å². The number of thiophene rings is 1. The third-order valence-electron chi connectivity index (χ3n) is 5.66. The molecule has 1 aliphatic carbocycles. The van der Waals surface area contributed by atoms with Gasteiger partial charge in [-0.25, -0.2) is 0 Å². The van der Waals surface area contributed by atoms with Crippen LogP contribution in [0.1, 0.15) is 35.6 Å². The van der Waals surface area contributed by atoms with Crippen molar-refractivity contribution in [2.75, 3.05) is 20.1 Å². The molecule has 4 heteroatoms. The summed E-state index contributed by atoms with van der Waals surface area (Å²) in [5.41, 5.74) is 3.94. The molecule has 1 saturated heterocycles. The summed E-state index contributed by atoms with van der Waals surface area (Å²) in [6.45, 7) is 2.87. The number of hydrogen-bond acceptors (Lipinski definition) is 4. The molecule has 2 heterocycles. The van der Waals surface area contributed by atoms with Crippen molar-refractivity contribution in [1.29, 1.82) is 0 Å². The summed E-state index contributed by atoms with van der Waals surface area (Å²) in [5.74, 6) is 0. The van der Waals surface area contributed by atoms with Gasteiger partial charge in [-0.05, 0) is 66.5 Å². The molecule has 1 aliphatic heterocycles. The third kappa shape index (κ3) is 2.45. The van der Waals surface area contributed by atoms with Gasteiger partial charge in [-0.15, -0.1) is 0 Å². The fourth-order valence-corrected chi connectivity index (χ4v) is 5.19. The van der Waals surface area contributed by atoms with Gasteiger partial charge >= 0.3 is 0 Å². The van der Waals surface area contributed by atoms with Crippen molar-refractivity contribution in [1.82, 2.24) is 10.2 Å². The normalized spacial score (nSPS) is 25.9. The molecule has 122 valence electrons. The van der Waals surface area contributed by atoms with Crippen LogP contribution in [0, 0.1) is 0 Å². The summed E-state index contributed by atoms with van der Waals surface area (Å²) < 4.78 is 0. The van der Waals surface area contributed by atoms with E-state index in [0.29, 0.717) is 0 Å². The number of hydrogen-bond donors (Lipinski definition) is 2. The minimum absolute atomic E-state index is 0.0740. The molecule has 2 N–H and O–H groups in total. The van der Waals surface area contributed by atoms with Crippen molar-refractivity contribution in [2.24, 2.45) is 0 Å². The molecular formula is C19H24N2OS. The largest absolute Gasteiger partial charge is 0.390 e. The summed E-state index contributed by atoms with van der Waals surface area (Å²) in [4.78, 5) is 2.32. The van der Waals surface area contributed by atoms with Crippen LogP contribution in [0.2, 0.25) is 0 Å². The summed E-state index contributed by atoms with van der Waals surface area (Å²) in [5, 5.41) is 19.1. The van der Waals surface area contributed by atoms with E-state index in [0.717, 1.165) is 32.5 Å². The number of rotatable bonds is 3. The molecule has 0 unspecified atom stereocenters. The maximum absolute atomic E-state index is 11.3. The molecule has 0 amide bonds. The van der Waals surface area contributed by atoms with Crippen LogP contribution < -0.4 is 5.32 Å². The first kappa shape index (κ1) is 15.3. The van der Waals surface area contributed by atoms with Crippen LogP contribution >= 0.6 is 11.3 Å². The van der Waals surface area contributed by atoms with Crippen molar-refractivity contribution in [3.63, 3.8) is 0 Å². The zero-order chi connectivity index (χ0) is 15.9. The van der Waals surface area contributed by atoms with Gasteiger partial charge in [-0.2, -0.15) is 11.3 Å². The second-order valence-electron chi connectivity index (χ2n) is 6.93. The van der Waals surface area contributed by atoms with E-state index in [9.17, 15) is 5.11 Å². The van der Waals surface area contributed by atoms with Crippen LogP contribution in [0.25, 0.3) is 0 Å². The van der Waals surface area contributed by atoms with E-state index in [4.69, 9.17) is 0 Å². The van der Waals surface area contributed by atoms with E-state index >= 15 is 0 Å². The number of fused-ring (bicyclic) bond motifs is 2. The Bertz CT molecular complexity index is 664. The molecule has 2 atom stereocenters. The number of aliphatic hydroxyl groups excluding tert-OH is 1. The lowest BCUT2D eigenvalue weighted by atomic mass is 9.72. The smallest absolute Gasteiger partial charge is 0.0834 e. The zero-order valence-electron chi connectivity index (χ0n) is 13.5. The van der Waals surface area contributed by atoms with Crippen LogP contribution in [0.3, 0.4) is 0 Å². The Labute approximate surface area is 142 Å². The molecular weight excluding hydrogens is 304 g/mol. The second kappa shape index (κ2) is 6.02. The average Bonchev–Trinajstić information content (AvgIpc) is 3.16. The maximum atomic E-state index is 11.3. The Kier molecular flexibility index (Phi) is 4.01. The standard InChI is InChI=1S/C19H24N2OS/c1-21(12-14-6-11-23-13-14)17-15-4-2-3-5-16(15)19(18(17)22)7-9-20-10-8-19/h2-6,11,13,17-18,20,22H,7-10,12H2,1H3/t17-,18+/m1/s1. The molecule has 2 aromatic rings. The first-order chi connectivity index (χ1) is 11.2. The predicted molar refractivity (Wildman–Crippen MR) is 94.8 cm³/mol. The van der Waals surface area contributed by atoms with Crippen molar-refractivity contribution in [3.8, 4) is 0 Å². The monoisotopic (exact) mass is 328 g/mol. The van der Waals surface area contributed by atoms with Crippen molar-refractivity contribution >= 4 is 11.3 Å². The Morgan fingerprint density at radius 3 is 2.78 bits per heavy atom. The van der Waals surface area contributed by atoms with E-state index < -0.39 is 0 Å². The Morgan fingerprint density at radius 2 is 2.04 bits per heavy atom. The van der Waals surface area contributed by atoms with Gasteiger partial charge in [0.05, 0.1) is 12.1 Å². The Hall–Kier alpha value is -1.20. The van der Waals surface area contributed by atoms with E-state index in [1.807, 2.05) is 0 Å². The number of piperidine rings is 1. The highest BCUT2D eigenvalue weighted by Gasteiger charge is 2.52. The highest BCUT2D eigenvalue weighted by molar-refractivity contribution is 7.07. The van der Waals surface area contributed by atoms with E-state index in [2.05, 4.69) is 58.4 Å². The lowest BCUT2D eigenvalue weighted by molar-refractivity contribution is 0.00423. The topological polar surface area (TPSA) is 35.5 Å². The fraction of sp³-hybridized carbons (Fsp3) is 0.474. The van der Waals surface area contributed by atoms with Crippen molar-refractivity contribution in [3.05, 3.63) is 57.8 Å². The van der Waals surface area contributed by atoms with Gasteiger partial charge in [0.15, 0.2) is 0 Å². The minimum atomic E-state index is -0.328. The van der Waals surface area contributed by atoms with Crippen LogP contribution in [-0.4, -0.2) is 36.2 Å². The van der Waals surface area contributed by atoms with E-state index in [1.54, 1.807) is 11.3 Å². The lowest BCUT2D eigenvalue weighted by Crippen LogP contribution is -2.48.